The molecule has 0 aliphatic carbocycles. The van der Waals surface area contributed by atoms with E-state index in [0.29, 0.717) is 29.1 Å². The van der Waals surface area contributed by atoms with E-state index in [9.17, 15) is 32.9 Å². The Labute approximate surface area is 222 Å². The van der Waals surface area contributed by atoms with Gasteiger partial charge in [0.1, 0.15) is 26.8 Å². The molecule has 0 aromatic carbocycles. The zero-order chi connectivity index (χ0) is 28.8. The van der Waals surface area contributed by atoms with E-state index in [1.54, 1.807) is 17.8 Å². The summed E-state index contributed by atoms with van der Waals surface area (Å²) in [5, 5.41) is 22.4. The van der Waals surface area contributed by atoms with E-state index in [-0.39, 0.29) is 56.4 Å². The lowest BCUT2D eigenvalue weighted by atomic mass is 10.0. The molecular formula is C23H23F3N8O4S. The lowest BCUT2D eigenvalue weighted by Gasteiger charge is -2.12. The fraction of sp³-hybridized carbons (Fsp3) is 0.348. The van der Waals surface area contributed by atoms with E-state index in [2.05, 4.69) is 20.5 Å². The molecule has 2 amide bonds. The first-order valence-electron chi connectivity index (χ1n) is 11.6. The molecule has 206 valence electrons. The van der Waals surface area contributed by atoms with Crippen LogP contribution in [0.3, 0.4) is 0 Å². The molecule has 4 aromatic heterocycles. The lowest BCUT2D eigenvalue weighted by Crippen LogP contribution is -2.18. The highest BCUT2D eigenvalue weighted by Gasteiger charge is 2.35. The molecule has 39 heavy (non-hydrogen) atoms. The zero-order valence-electron chi connectivity index (χ0n) is 21.2. The Bertz CT molecular complexity index is 1640. The summed E-state index contributed by atoms with van der Waals surface area (Å²) in [6.45, 7) is 6.87. The number of carbonyl (C=O) groups excluding carboxylic acids is 2. The minimum absolute atomic E-state index is 0.0218. The van der Waals surface area contributed by atoms with Gasteiger partial charge in [-0.05, 0) is 39.3 Å². The summed E-state index contributed by atoms with van der Waals surface area (Å²) >= 11 is 0.637. The third-order valence-electron chi connectivity index (χ3n) is 6.08. The molecule has 16 heteroatoms. The van der Waals surface area contributed by atoms with E-state index in [1.165, 1.54) is 18.5 Å². The van der Waals surface area contributed by atoms with Crippen molar-refractivity contribution in [2.75, 3.05) is 5.32 Å². The van der Waals surface area contributed by atoms with Crippen molar-refractivity contribution in [3.63, 3.8) is 0 Å². The van der Waals surface area contributed by atoms with E-state index < -0.39 is 28.6 Å². The summed E-state index contributed by atoms with van der Waals surface area (Å²) < 4.78 is 44.1. The van der Waals surface area contributed by atoms with E-state index in [1.807, 2.05) is 6.92 Å². The third kappa shape index (κ3) is 5.19. The van der Waals surface area contributed by atoms with Gasteiger partial charge < -0.3 is 11.1 Å². The highest BCUT2D eigenvalue weighted by atomic mass is 32.1. The predicted octanol–water partition coefficient (Wildman–Crippen LogP) is 4.36. The largest absolute Gasteiger partial charge is 0.433 e. The number of rotatable bonds is 8. The Hall–Kier alpha value is -4.34. The number of hydrogen-bond acceptors (Lipinski definition) is 8. The van der Waals surface area contributed by atoms with Gasteiger partial charge in [0.25, 0.3) is 5.91 Å². The maximum absolute atomic E-state index is 13.7. The SMILES string of the molecule is CCn1cc(-c2cc(C(F)(F)F)nc3sc(C(N)=O)c(NC(=O)CCn4nc(C)c([N+](=O)[O-])c4C)c23)c(C)n1. The lowest BCUT2D eigenvalue weighted by molar-refractivity contribution is -0.386. The molecule has 3 N–H and O–H groups in total. The number of alkyl halides is 3. The monoisotopic (exact) mass is 564 g/mol. The Morgan fingerprint density at radius 3 is 2.41 bits per heavy atom. The van der Waals surface area contributed by atoms with Crippen LogP contribution in [0.4, 0.5) is 24.5 Å². The standard InChI is InChI=1S/C23H23F3N8O4S/c1-5-32-9-14(10(2)30-32)13-8-15(23(24,25)26)28-22-17(13)18(20(39-22)21(27)36)29-16(35)6-7-33-12(4)19(34(37)38)11(3)31-33/h8-9H,5-7H2,1-4H3,(H2,27,36)(H,29,35). The minimum atomic E-state index is -4.78. The molecule has 0 aliphatic rings. The first-order valence-corrected chi connectivity index (χ1v) is 12.4. The van der Waals surface area contributed by atoms with Gasteiger partial charge >= 0.3 is 11.9 Å². The van der Waals surface area contributed by atoms with Gasteiger partial charge in [0.15, 0.2) is 0 Å². The number of nitro groups is 1. The number of aryl methyl sites for hydroxylation is 4. The van der Waals surface area contributed by atoms with Gasteiger partial charge in [-0.15, -0.1) is 11.3 Å². The van der Waals surface area contributed by atoms with Crippen molar-refractivity contribution in [2.24, 2.45) is 5.73 Å². The number of halogens is 3. The second-order valence-corrected chi connectivity index (χ2v) is 9.68. The number of fused-ring (bicyclic) bond motifs is 1. The second-order valence-electron chi connectivity index (χ2n) is 8.69. The van der Waals surface area contributed by atoms with Crippen molar-refractivity contribution in [3.8, 4) is 11.1 Å². The van der Waals surface area contributed by atoms with Crippen molar-refractivity contribution >= 4 is 44.7 Å². The van der Waals surface area contributed by atoms with Crippen LogP contribution >= 0.6 is 11.3 Å². The average Bonchev–Trinajstić information content (AvgIpc) is 3.49. The van der Waals surface area contributed by atoms with E-state index in [4.69, 9.17) is 5.73 Å². The molecule has 4 rings (SSSR count). The summed E-state index contributed by atoms with van der Waals surface area (Å²) in [7, 11) is 0. The number of primary amides is 1. The predicted molar refractivity (Wildman–Crippen MR) is 136 cm³/mol. The number of pyridine rings is 1. The number of hydrogen-bond donors (Lipinski definition) is 2. The molecule has 0 saturated heterocycles. The molecule has 0 atom stereocenters. The number of nitrogens with zero attached hydrogens (tertiary/aromatic N) is 6. The van der Waals surface area contributed by atoms with E-state index in [0.717, 1.165) is 6.07 Å². The molecule has 12 nitrogen and oxygen atoms in total. The number of aromatic nitrogens is 5. The van der Waals surface area contributed by atoms with Gasteiger partial charge in [-0.2, -0.15) is 23.4 Å². The molecule has 0 bridgehead atoms. The van der Waals surface area contributed by atoms with Crippen molar-refractivity contribution in [1.82, 2.24) is 24.5 Å². The summed E-state index contributed by atoms with van der Waals surface area (Å²) in [5.41, 5.74) is 5.48. The van der Waals surface area contributed by atoms with Crippen LogP contribution in [0.25, 0.3) is 21.3 Å². The molecule has 4 aromatic rings. The summed E-state index contributed by atoms with van der Waals surface area (Å²) in [6, 6.07) is 0.856. The van der Waals surface area contributed by atoms with Crippen LogP contribution < -0.4 is 11.1 Å². The average molecular weight is 565 g/mol. The van der Waals surface area contributed by atoms with E-state index >= 15 is 0 Å². The number of nitrogens with one attached hydrogen (secondary N) is 1. The van der Waals surface area contributed by atoms with Crippen LogP contribution in [0.1, 0.15) is 45.8 Å². The van der Waals surface area contributed by atoms with Crippen LogP contribution in [-0.2, 0) is 24.1 Å². The van der Waals surface area contributed by atoms with Crippen molar-refractivity contribution in [2.45, 2.75) is 53.4 Å². The Balaban J connectivity index is 1.80. The van der Waals surface area contributed by atoms with Gasteiger partial charge in [-0.25, -0.2) is 4.98 Å². The fourth-order valence-electron chi connectivity index (χ4n) is 4.27. The number of anilines is 1. The fourth-order valence-corrected chi connectivity index (χ4v) is 5.28. The van der Waals surface area contributed by atoms with Gasteiger partial charge in [-0.3, -0.25) is 29.1 Å². The van der Waals surface area contributed by atoms with Crippen LogP contribution in [0.5, 0.6) is 0 Å². The Kier molecular flexibility index (Phi) is 7.16. The van der Waals surface area contributed by atoms with Gasteiger partial charge in [0, 0.05) is 30.1 Å². The quantitative estimate of drug-likeness (QED) is 0.237. The van der Waals surface area contributed by atoms with Gasteiger partial charge in [0.2, 0.25) is 5.91 Å². The molecule has 0 saturated carbocycles. The first kappa shape index (κ1) is 27.7. The number of thiophene rings is 1. The summed E-state index contributed by atoms with van der Waals surface area (Å²) in [4.78, 5) is 39.4. The molecule has 0 spiro atoms. The summed E-state index contributed by atoms with van der Waals surface area (Å²) in [5.74, 6) is -1.57. The van der Waals surface area contributed by atoms with Crippen LogP contribution in [-0.4, -0.2) is 41.3 Å². The molecule has 0 radical (unpaired) electrons. The molecule has 4 heterocycles. The number of amides is 2. The molecule has 0 unspecified atom stereocenters. The Morgan fingerprint density at radius 1 is 1.18 bits per heavy atom. The van der Waals surface area contributed by atoms with Gasteiger partial charge in [-0.1, -0.05) is 0 Å². The first-order chi connectivity index (χ1) is 18.2. The smallest absolute Gasteiger partial charge is 0.365 e. The van der Waals surface area contributed by atoms with Crippen LogP contribution in [0.15, 0.2) is 12.3 Å². The van der Waals surface area contributed by atoms with Crippen molar-refractivity contribution in [3.05, 3.63) is 50.0 Å². The van der Waals surface area contributed by atoms with Crippen molar-refractivity contribution < 1.29 is 27.7 Å². The van der Waals surface area contributed by atoms with Crippen molar-refractivity contribution in [1.29, 1.82) is 0 Å². The van der Waals surface area contributed by atoms with Crippen LogP contribution in [0.2, 0.25) is 0 Å². The highest BCUT2D eigenvalue weighted by Crippen LogP contribution is 2.44. The third-order valence-corrected chi connectivity index (χ3v) is 7.18. The highest BCUT2D eigenvalue weighted by molar-refractivity contribution is 7.21. The molecule has 0 aliphatic heterocycles. The number of carbonyl (C=O) groups is 2. The maximum atomic E-state index is 13.7. The summed E-state index contributed by atoms with van der Waals surface area (Å²) in [6.07, 6.45) is -3.40. The number of nitrogens with two attached hydrogens (primary N) is 1. The topological polar surface area (TPSA) is 164 Å². The zero-order valence-corrected chi connectivity index (χ0v) is 22.0. The molecule has 0 fully saturated rings. The Morgan fingerprint density at radius 2 is 1.87 bits per heavy atom. The normalized spacial score (nSPS) is 11.8. The van der Waals surface area contributed by atoms with Crippen LogP contribution in [0, 0.1) is 30.9 Å². The minimum Gasteiger partial charge on any atom is -0.365 e. The second kappa shape index (κ2) is 10.1. The van der Waals surface area contributed by atoms with Gasteiger partial charge in [0.05, 0.1) is 22.8 Å². The maximum Gasteiger partial charge on any atom is 0.433 e. The molecular weight excluding hydrogens is 541 g/mol.